The van der Waals surface area contributed by atoms with Crippen LogP contribution in [0.5, 0.6) is 5.75 Å². The van der Waals surface area contributed by atoms with Crippen LogP contribution in [0.3, 0.4) is 0 Å². The highest BCUT2D eigenvalue weighted by Gasteiger charge is 2.08. The molecule has 1 aromatic heterocycles. The number of benzene rings is 2. The average Bonchev–Trinajstić information content (AvgIpc) is 2.66. The second-order valence-electron chi connectivity index (χ2n) is 6.90. The number of rotatable bonds is 6. The van der Waals surface area contributed by atoms with Crippen molar-refractivity contribution in [2.45, 2.75) is 32.6 Å². The van der Waals surface area contributed by atoms with Crippen LogP contribution >= 0.6 is 0 Å². The lowest BCUT2D eigenvalue weighted by Crippen LogP contribution is -2.17. The monoisotopic (exact) mass is 364 g/mol. The lowest BCUT2D eigenvalue weighted by Gasteiger charge is -2.09. The van der Waals surface area contributed by atoms with E-state index in [0.717, 1.165) is 16.6 Å². The molecule has 0 saturated carbocycles. The first kappa shape index (κ1) is 18.7. The number of hydrogen-bond acceptors (Lipinski definition) is 3. The lowest BCUT2D eigenvalue weighted by atomic mass is 10.0. The summed E-state index contributed by atoms with van der Waals surface area (Å²) in [5, 5.41) is 3.79. The molecule has 3 rings (SSSR count). The Morgan fingerprint density at radius 2 is 1.85 bits per heavy atom. The van der Waals surface area contributed by atoms with Crippen molar-refractivity contribution in [2.24, 2.45) is 0 Å². The van der Waals surface area contributed by atoms with Gasteiger partial charge in [0.2, 0.25) is 5.91 Å². The fraction of sp³-hybridized carbons (Fsp3) is 0.273. The first-order chi connectivity index (χ1) is 13.0. The van der Waals surface area contributed by atoms with Crippen LogP contribution in [0.2, 0.25) is 0 Å². The lowest BCUT2D eigenvalue weighted by molar-refractivity contribution is -0.116. The Labute approximate surface area is 158 Å². The summed E-state index contributed by atoms with van der Waals surface area (Å²) in [4.78, 5) is 27.4. The van der Waals surface area contributed by atoms with Crippen LogP contribution in [0.15, 0.2) is 53.3 Å². The number of carbonyl (C=O) groups excluding carboxylic acids is 1. The molecule has 0 unspecified atom stereocenters. The summed E-state index contributed by atoms with van der Waals surface area (Å²) >= 11 is 0. The molecule has 3 aromatic rings. The van der Waals surface area contributed by atoms with E-state index in [2.05, 4.69) is 24.1 Å². The van der Waals surface area contributed by atoms with Crippen LogP contribution in [0, 0.1) is 0 Å². The second kappa shape index (κ2) is 8.08. The molecule has 1 heterocycles. The molecule has 0 atom stereocenters. The van der Waals surface area contributed by atoms with Crippen LogP contribution in [-0.2, 0) is 11.2 Å². The Morgan fingerprint density at radius 1 is 1.11 bits per heavy atom. The molecule has 0 aliphatic rings. The SMILES string of the molecule is COc1ccc2cc(CCC(=O)Nc3ccc(C(C)C)cc3)c(=O)[nH]c2c1. The Morgan fingerprint density at radius 3 is 2.52 bits per heavy atom. The van der Waals surface area contributed by atoms with E-state index in [9.17, 15) is 9.59 Å². The fourth-order valence-electron chi connectivity index (χ4n) is 2.96. The Balaban J connectivity index is 1.66. The molecule has 5 heteroatoms. The Bertz CT molecular complexity index is 1000. The number of hydrogen-bond donors (Lipinski definition) is 2. The molecular formula is C22H24N2O3. The minimum atomic E-state index is -0.176. The third kappa shape index (κ3) is 4.56. The maximum absolute atomic E-state index is 12.3. The summed E-state index contributed by atoms with van der Waals surface area (Å²) in [6.07, 6.45) is 0.629. The summed E-state index contributed by atoms with van der Waals surface area (Å²) in [6.45, 7) is 4.26. The minimum absolute atomic E-state index is 0.110. The summed E-state index contributed by atoms with van der Waals surface area (Å²) in [5.74, 6) is 1.03. The highest BCUT2D eigenvalue weighted by molar-refractivity contribution is 5.91. The number of aromatic nitrogens is 1. The van der Waals surface area contributed by atoms with Gasteiger partial charge in [0, 0.05) is 23.7 Å². The summed E-state index contributed by atoms with van der Waals surface area (Å²) in [7, 11) is 1.59. The first-order valence-corrected chi connectivity index (χ1v) is 9.06. The highest BCUT2D eigenvalue weighted by Crippen LogP contribution is 2.19. The van der Waals surface area contributed by atoms with Gasteiger partial charge < -0.3 is 15.0 Å². The third-order valence-corrected chi connectivity index (χ3v) is 4.61. The van der Waals surface area contributed by atoms with Crippen molar-refractivity contribution in [3.63, 3.8) is 0 Å². The number of amides is 1. The van der Waals surface area contributed by atoms with E-state index in [0.29, 0.717) is 23.7 Å². The molecule has 0 bridgehead atoms. The van der Waals surface area contributed by atoms with E-state index in [1.165, 1.54) is 5.56 Å². The number of fused-ring (bicyclic) bond motifs is 1. The van der Waals surface area contributed by atoms with Gasteiger partial charge >= 0.3 is 0 Å². The molecule has 2 N–H and O–H groups in total. The van der Waals surface area contributed by atoms with Crippen molar-refractivity contribution in [1.29, 1.82) is 0 Å². The van der Waals surface area contributed by atoms with Crippen LogP contribution in [0.25, 0.3) is 10.9 Å². The maximum Gasteiger partial charge on any atom is 0.251 e. The number of H-pyrrole nitrogens is 1. The van der Waals surface area contributed by atoms with E-state index in [4.69, 9.17) is 4.74 Å². The molecule has 2 aromatic carbocycles. The van der Waals surface area contributed by atoms with Gasteiger partial charge in [-0.25, -0.2) is 0 Å². The zero-order valence-corrected chi connectivity index (χ0v) is 15.8. The molecular weight excluding hydrogens is 340 g/mol. The highest BCUT2D eigenvalue weighted by atomic mass is 16.5. The quantitative estimate of drug-likeness (QED) is 0.687. The molecule has 0 saturated heterocycles. The van der Waals surface area contributed by atoms with Crippen LogP contribution in [0.4, 0.5) is 5.69 Å². The van der Waals surface area contributed by atoms with Gasteiger partial charge in [-0.2, -0.15) is 0 Å². The topological polar surface area (TPSA) is 71.2 Å². The molecule has 0 aliphatic carbocycles. The van der Waals surface area contributed by atoms with Crippen molar-refractivity contribution in [3.8, 4) is 5.75 Å². The van der Waals surface area contributed by atoms with Gasteiger partial charge in [-0.1, -0.05) is 26.0 Å². The number of aromatic amines is 1. The van der Waals surface area contributed by atoms with Gasteiger partial charge in [0.25, 0.3) is 5.56 Å². The van der Waals surface area contributed by atoms with Crippen molar-refractivity contribution < 1.29 is 9.53 Å². The summed E-state index contributed by atoms with van der Waals surface area (Å²) < 4.78 is 5.17. The van der Waals surface area contributed by atoms with Crippen molar-refractivity contribution >= 4 is 22.5 Å². The molecule has 0 aliphatic heterocycles. The van der Waals surface area contributed by atoms with E-state index < -0.39 is 0 Å². The summed E-state index contributed by atoms with van der Waals surface area (Å²) in [6, 6.07) is 15.2. The van der Waals surface area contributed by atoms with Gasteiger partial charge in [0.1, 0.15) is 5.75 Å². The van der Waals surface area contributed by atoms with E-state index in [-0.39, 0.29) is 17.9 Å². The van der Waals surface area contributed by atoms with E-state index in [1.54, 1.807) is 13.2 Å². The maximum atomic E-state index is 12.3. The smallest absolute Gasteiger partial charge is 0.251 e. The number of anilines is 1. The fourth-order valence-corrected chi connectivity index (χ4v) is 2.96. The van der Waals surface area contributed by atoms with E-state index in [1.807, 2.05) is 42.5 Å². The van der Waals surface area contributed by atoms with Gasteiger partial charge in [0.05, 0.1) is 12.6 Å². The van der Waals surface area contributed by atoms with Crippen molar-refractivity contribution in [3.05, 3.63) is 70.0 Å². The summed E-state index contributed by atoms with van der Waals surface area (Å²) in [5.41, 5.74) is 3.14. The molecule has 0 radical (unpaired) electrons. The predicted octanol–water partition coefficient (Wildman–Crippen LogP) is 4.23. The molecule has 0 fully saturated rings. The number of pyridine rings is 1. The largest absolute Gasteiger partial charge is 0.497 e. The molecule has 0 spiro atoms. The van der Waals surface area contributed by atoms with Crippen LogP contribution < -0.4 is 15.6 Å². The number of aryl methyl sites for hydroxylation is 1. The van der Waals surface area contributed by atoms with Crippen LogP contribution in [-0.4, -0.2) is 18.0 Å². The average molecular weight is 364 g/mol. The first-order valence-electron chi connectivity index (χ1n) is 9.06. The second-order valence-corrected chi connectivity index (χ2v) is 6.90. The predicted molar refractivity (Wildman–Crippen MR) is 109 cm³/mol. The normalized spacial score (nSPS) is 11.0. The van der Waals surface area contributed by atoms with Crippen molar-refractivity contribution in [2.75, 3.05) is 12.4 Å². The van der Waals surface area contributed by atoms with Gasteiger partial charge in [-0.3, -0.25) is 9.59 Å². The van der Waals surface area contributed by atoms with Gasteiger partial charge in [-0.05, 0) is 53.6 Å². The number of ether oxygens (including phenoxy) is 1. The molecule has 27 heavy (non-hydrogen) atoms. The minimum Gasteiger partial charge on any atom is -0.497 e. The van der Waals surface area contributed by atoms with Crippen LogP contribution in [0.1, 0.15) is 37.3 Å². The molecule has 1 amide bonds. The van der Waals surface area contributed by atoms with Gasteiger partial charge in [0.15, 0.2) is 0 Å². The third-order valence-electron chi connectivity index (χ3n) is 4.61. The Kier molecular flexibility index (Phi) is 5.60. The number of carbonyl (C=O) groups is 1. The Hall–Kier alpha value is -3.08. The van der Waals surface area contributed by atoms with E-state index >= 15 is 0 Å². The van der Waals surface area contributed by atoms with Crippen molar-refractivity contribution in [1.82, 2.24) is 4.98 Å². The standard InChI is InChI=1S/C22H24N2O3/c1-14(2)15-4-8-18(9-5-15)23-21(25)11-7-17-12-16-6-10-19(27-3)13-20(16)24-22(17)26/h4-6,8-10,12-14H,7,11H2,1-3H3,(H,23,25)(H,24,26). The van der Waals surface area contributed by atoms with Gasteiger partial charge in [-0.15, -0.1) is 0 Å². The zero-order valence-electron chi connectivity index (χ0n) is 15.8. The molecule has 140 valence electrons. The number of methoxy groups -OCH3 is 1. The zero-order chi connectivity index (χ0) is 19.4. The molecule has 5 nitrogen and oxygen atoms in total. The number of nitrogens with one attached hydrogen (secondary N) is 2.